The number of carbonyl (C=O) groups excluding carboxylic acids is 2. The first-order valence-corrected chi connectivity index (χ1v) is 6.99. The molecular weight excluding hydrogens is 351 g/mol. The summed E-state index contributed by atoms with van der Waals surface area (Å²) in [6.07, 6.45) is -0.186. The van der Waals surface area contributed by atoms with Gasteiger partial charge in [0.2, 0.25) is 0 Å². The van der Waals surface area contributed by atoms with Gasteiger partial charge in [-0.15, -0.1) is 0 Å². The van der Waals surface area contributed by atoms with Crippen molar-refractivity contribution in [1.82, 2.24) is 8.85 Å². The van der Waals surface area contributed by atoms with Crippen molar-refractivity contribution in [3.05, 3.63) is 0 Å². The summed E-state index contributed by atoms with van der Waals surface area (Å²) in [6.45, 7) is 5.77. The zero-order valence-corrected chi connectivity index (χ0v) is 13.1. The van der Waals surface area contributed by atoms with Crippen molar-refractivity contribution in [2.24, 2.45) is 11.8 Å². The average molecular weight is 372 g/mol. The number of esters is 1. The van der Waals surface area contributed by atoms with Crippen molar-refractivity contribution in [2.45, 2.75) is 33.3 Å². The van der Waals surface area contributed by atoms with Gasteiger partial charge in [-0.25, -0.2) is 4.79 Å². The number of hydrogen-bond acceptors (Lipinski definition) is 4. The highest BCUT2D eigenvalue weighted by Gasteiger charge is 2.22. The molecule has 0 aliphatic rings. The normalized spacial score (nSPS) is 13.9. The van der Waals surface area contributed by atoms with Crippen LogP contribution in [0.1, 0.15) is 27.2 Å². The summed E-state index contributed by atoms with van der Waals surface area (Å²) < 4.78 is 7.35. The van der Waals surface area contributed by atoms with Gasteiger partial charge >= 0.3 is 12.0 Å². The number of aliphatic hydroxyl groups is 1. The van der Waals surface area contributed by atoms with Crippen LogP contribution in [0.5, 0.6) is 0 Å². The van der Waals surface area contributed by atoms with Gasteiger partial charge < -0.3 is 15.2 Å². The highest BCUT2D eigenvalue weighted by molar-refractivity contribution is 14.1. The molecule has 0 fully saturated rings. The SMILES string of the molecule is CCC(C(=O)OCC(O)CNC(=O)NI)C(C)C. The zero-order chi connectivity index (χ0) is 14.1. The molecule has 0 saturated carbocycles. The molecule has 7 heteroatoms. The number of aliphatic hydroxyl groups excluding tert-OH is 1. The number of carbonyl (C=O) groups is 2. The van der Waals surface area contributed by atoms with Gasteiger partial charge in [0.05, 0.1) is 28.8 Å². The van der Waals surface area contributed by atoms with Gasteiger partial charge in [-0.05, 0) is 12.3 Å². The minimum Gasteiger partial charge on any atom is -0.463 e. The second kappa shape index (κ2) is 9.37. The molecule has 18 heavy (non-hydrogen) atoms. The molecule has 6 nitrogen and oxygen atoms in total. The molecule has 106 valence electrons. The molecule has 0 saturated heterocycles. The van der Waals surface area contributed by atoms with Gasteiger partial charge in [-0.2, -0.15) is 0 Å². The quantitative estimate of drug-likeness (QED) is 0.356. The molecule has 0 aromatic carbocycles. The van der Waals surface area contributed by atoms with Gasteiger partial charge in [-0.3, -0.25) is 8.32 Å². The molecule has 0 aromatic rings. The van der Waals surface area contributed by atoms with E-state index < -0.39 is 12.1 Å². The zero-order valence-electron chi connectivity index (χ0n) is 10.9. The second-order valence-corrected chi connectivity index (χ2v) is 4.89. The highest BCUT2D eigenvalue weighted by atomic mass is 127. The van der Waals surface area contributed by atoms with Crippen LogP contribution in [0.2, 0.25) is 0 Å². The van der Waals surface area contributed by atoms with Crippen LogP contribution < -0.4 is 8.85 Å². The molecule has 0 spiro atoms. The van der Waals surface area contributed by atoms with Crippen molar-refractivity contribution in [1.29, 1.82) is 0 Å². The van der Waals surface area contributed by atoms with Crippen LogP contribution in [0.25, 0.3) is 0 Å². The Bertz CT molecular complexity index is 274. The fourth-order valence-electron chi connectivity index (χ4n) is 1.50. The second-order valence-electron chi connectivity index (χ2n) is 4.35. The lowest BCUT2D eigenvalue weighted by atomic mass is 9.93. The van der Waals surface area contributed by atoms with Gasteiger partial charge in [0.25, 0.3) is 0 Å². The average Bonchev–Trinajstić information content (AvgIpc) is 2.33. The highest BCUT2D eigenvalue weighted by Crippen LogP contribution is 2.16. The number of hydrogen-bond donors (Lipinski definition) is 3. The van der Waals surface area contributed by atoms with Crippen molar-refractivity contribution in [2.75, 3.05) is 13.2 Å². The standard InChI is InChI=1S/C11H21IN2O4/c1-4-9(7(2)3)10(16)18-6-8(15)5-13-11(17)14-12/h7-9,15H,4-6H2,1-3H3,(H2,13,14,17). The van der Waals surface area contributed by atoms with E-state index in [0.29, 0.717) is 6.42 Å². The van der Waals surface area contributed by atoms with Gasteiger partial charge in [0.1, 0.15) is 12.7 Å². The van der Waals surface area contributed by atoms with Crippen LogP contribution in [-0.2, 0) is 9.53 Å². The van der Waals surface area contributed by atoms with Crippen LogP contribution >= 0.6 is 22.9 Å². The Morgan fingerprint density at radius 1 is 1.39 bits per heavy atom. The Balaban J connectivity index is 3.93. The van der Waals surface area contributed by atoms with E-state index in [1.807, 2.05) is 20.8 Å². The lowest BCUT2D eigenvalue weighted by molar-refractivity contribution is -0.153. The number of nitrogens with one attached hydrogen (secondary N) is 2. The van der Waals surface area contributed by atoms with E-state index in [1.54, 1.807) is 22.9 Å². The van der Waals surface area contributed by atoms with E-state index in [-0.39, 0.29) is 31.0 Å². The number of urea groups is 1. The number of amides is 2. The van der Waals surface area contributed by atoms with Crippen LogP contribution in [0.4, 0.5) is 4.79 Å². The van der Waals surface area contributed by atoms with E-state index in [9.17, 15) is 14.7 Å². The maximum atomic E-state index is 11.7. The Morgan fingerprint density at radius 2 is 2.00 bits per heavy atom. The monoisotopic (exact) mass is 372 g/mol. The fraction of sp³-hybridized carbons (Fsp3) is 0.818. The van der Waals surface area contributed by atoms with Crippen molar-refractivity contribution >= 4 is 34.9 Å². The van der Waals surface area contributed by atoms with Gasteiger partial charge in [0, 0.05) is 6.54 Å². The Morgan fingerprint density at radius 3 is 2.44 bits per heavy atom. The third-order valence-electron chi connectivity index (χ3n) is 2.55. The molecule has 0 radical (unpaired) electrons. The summed E-state index contributed by atoms with van der Waals surface area (Å²) in [4.78, 5) is 22.5. The van der Waals surface area contributed by atoms with E-state index in [2.05, 4.69) is 8.85 Å². The number of ether oxygens (including phenoxy) is 1. The molecule has 2 unspecified atom stereocenters. The number of rotatable bonds is 7. The first-order chi connectivity index (χ1) is 8.42. The largest absolute Gasteiger partial charge is 0.463 e. The summed E-state index contributed by atoms with van der Waals surface area (Å²) in [6, 6.07) is -0.394. The molecule has 0 aliphatic heterocycles. The predicted octanol–water partition coefficient (Wildman–Crippen LogP) is 1.22. The first kappa shape index (κ1) is 17.4. The summed E-state index contributed by atoms with van der Waals surface area (Å²) in [5.74, 6) is -0.240. The van der Waals surface area contributed by atoms with Gasteiger partial charge in [0.15, 0.2) is 0 Å². The van der Waals surface area contributed by atoms with E-state index in [0.717, 1.165) is 0 Å². The van der Waals surface area contributed by atoms with E-state index in [1.165, 1.54) is 0 Å². The predicted molar refractivity (Wildman–Crippen MR) is 76.1 cm³/mol. The minimum atomic E-state index is -0.896. The van der Waals surface area contributed by atoms with Crippen LogP contribution in [0.3, 0.4) is 0 Å². The van der Waals surface area contributed by atoms with Crippen molar-refractivity contribution < 1.29 is 19.4 Å². The number of halogens is 1. The molecular formula is C11H21IN2O4. The molecule has 2 amide bonds. The lowest BCUT2D eigenvalue weighted by Crippen LogP contribution is -2.38. The third-order valence-corrected chi connectivity index (χ3v) is 3.04. The Labute approximate surface area is 121 Å². The van der Waals surface area contributed by atoms with E-state index >= 15 is 0 Å². The van der Waals surface area contributed by atoms with Crippen LogP contribution in [-0.4, -0.2) is 36.4 Å². The van der Waals surface area contributed by atoms with Crippen LogP contribution in [0.15, 0.2) is 0 Å². The van der Waals surface area contributed by atoms with E-state index in [4.69, 9.17) is 4.74 Å². The van der Waals surface area contributed by atoms with Crippen molar-refractivity contribution in [3.63, 3.8) is 0 Å². The molecule has 0 heterocycles. The van der Waals surface area contributed by atoms with Crippen LogP contribution in [0, 0.1) is 11.8 Å². The smallest absolute Gasteiger partial charge is 0.323 e. The summed E-state index contributed by atoms with van der Waals surface area (Å²) in [7, 11) is 0. The minimum absolute atomic E-state index is 0.0422. The first-order valence-electron chi connectivity index (χ1n) is 5.91. The fourth-order valence-corrected chi connectivity index (χ4v) is 1.69. The van der Waals surface area contributed by atoms with Crippen molar-refractivity contribution in [3.8, 4) is 0 Å². The maximum Gasteiger partial charge on any atom is 0.323 e. The van der Waals surface area contributed by atoms with Gasteiger partial charge in [-0.1, -0.05) is 20.8 Å². The Hall–Kier alpha value is -0.570. The third kappa shape index (κ3) is 7.00. The lowest BCUT2D eigenvalue weighted by Gasteiger charge is -2.19. The maximum absolute atomic E-state index is 11.7. The summed E-state index contributed by atoms with van der Waals surface area (Å²) in [5, 5.41) is 11.9. The molecule has 0 aromatic heterocycles. The molecule has 0 bridgehead atoms. The molecule has 0 aliphatic carbocycles. The summed E-state index contributed by atoms with van der Waals surface area (Å²) >= 11 is 1.68. The molecule has 3 N–H and O–H groups in total. The molecule has 0 rings (SSSR count). The molecule has 2 atom stereocenters. The summed E-state index contributed by atoms with van der Waals surface area (Å²) in [5.41, 5.74) is 0. The topological polar surface area (TPSA) is 87.7 Å². The Kier molecular flexibility index (Phi) is 9.08.